The number of methoxy groups -OCH3 is 2. The fourth-order valence-corrected chi connectivity index (χ4v) is 2.49. The van der Waals surface area contributed by atoms with E-state index in [1.165, 1.54) is 26.4 Å². The monoisotopic (exact) mass is 354 g/mol. The molecular weight excluding hydrogens is 339 g/mol. The summed E-state index contributed by atoms with van der Waals surface area (Å²) in [5.74, 6) is 0.352. The van der Waals surface area contributed by atoms with Crippen molar-refractivity contribution in [1.29, 1.82) is 0 Å². The Bertz CT molecular complexity index is 701. The maximum Gasteiger partial charge on any atom is 0.339 e. The van der Waals surface area contributed by atoms with Crippen LogP contribution in [0.25, 0.3) is 0 Å². The average Bonchev–Trinajstić information content (AvgIpc) is 2.55. The van der Waals surface area contributed by atoms with Crippen LogP contribution in [0.5, 0.6) is 11.5 Å². The van der Waals surface area contributed by atoms with E-state index < -0.39 is 5.97 Å². The zero-order valence-corrected chi connectivity index (χ0v) is 14.3. The lowest BCUT2D eigenvalue weighted by Crippen LogP contribution is -2.06. The smallest absolute Gasteiger partial charge is 0.339 e. The van der Waals surface area contributed by atoms with E-state index in [4.69, 9.17) is 37.4 Å². The topological polar surface area (TPSA) is 44.8 Å². The van der Waals surface area contributed by atoms with Gasteiger partial charge in [-0.25, -0.2) is 4.79 Å². The second-order valence-electron chi connectivity index (χ2n) is 4.70. The molecule has 0 saturated heterocycles. The first-order valence-electron chi connectivity index (χ1n) is 6.88. The van der Waals surface area contributed by atoms with Gasteiger partial charge in [0.15, 0.2) is 11.5 Å². The van der Waals surface area contributed by atoms with Crippen LogP contribution < -0.4 is 9.47 Å². The first-order chi connectivity index (χ1) is 11.0. The number of rotatable bonds is 6. The minimum absolute atomic E-state index is 0.229. The molecule has 0 radical (unpaired) electrons. The van der Waals surface area contributed by atoms with Crippen molar-refractivity contribution >= 4 is 29.2 Å². The Morgan fingerprint density at radius 1 is 1.09 bits per heavy atom. The van der Waals surface area contributed by atoms with Gasteiger partial charge in [0.2, 0.25) is 0 Å². The summed E-state index contributed by atoms with van der Waals surface area (Å²) >= 11 is 12.0. The number of esters is 1. The molecule has 0 saturated carbocycles. The second-order valence-corrected chi connectivity index (χ2v) is 5.55. The van der Waals surface area contributed by atoms with Crippen LogP contribution in [-0.2, 0) is 11.2 Å². The van der Waals surface area contributed by atoms with Gasteiger partial charge in [-0.05, 0) is 17.7 Å². The Balaban J connectivity index is 2.13. The van der Waals surface area contributed by atoms with Crippen molar-refractivity contribution in [1.82, 2.24) is 0 Å². The number of carbonyl (C=O) groups is 1. The van der Waals surface area contributed by atoms with Gasteiger partial charge in [0.25, 0.3) is 0 Å². The molecule has 2 aromatic carbocycles. The second kappa shape index (κ2) is 8.09. The number of carbonyl (C=O) groups excluding carboxylic acids is 1. The lowest BCUT2D eigenvalue weighted by atomic mass is 10.1. The highest BCUT2D eigenvalue weighted by atomic mass is 35.5. The molecule has 0 unspecified atom stereocenters. The van der Waals surface area contributed by atoms with Gasteiger partial charge in [0.1, 0.15) is 0 Å². The fourth-order valence-electron chi connectivity index (χ4n) is 2.05. The zero-order chi connectivity index (χ0) is 16.8. The van der Waals surface area contributed by atoms with Gasteiger partial charge in [-0.15, -0.1) is 0 Å². The fraction of sp³-hybridized carbons (Fsp3) is 0.235. The molecule has 122 valence electrons. The minimum Gasteiger partial charge on any atom is -0.493 e. The Morgan fingerprint density at radius 2 is 1.87 bits per heavy atom. The Kier molecular flexibility index (Phi) is 6.13. The van der Waals surface area contributed by atoms with Crippen LogP contribution in [0.3, 0.4) is 0 Å². The standard InChI is InChI=1S/C17H16Cl2O4/c1-21-15-10-14(19)13(17(20)22-2)9-16(15)23-7-6-11-4-3-5-12(18)8-11/h3-5,8-10H,6-7H2,1-2H3. The van der Waals surface area contributed by atoms with Crippen molar-refractivity contribution in [2.45, 2.75) is 6.42 Å². The number of benzene rings is 2. The first-order valence-corrected chi connectivity index (χ1v) is 7.64. The molecule has 0 atom stereocenters. The molecule has 0 aromatic heterocycles. The molecule has 4 nitrogen and oxygen atoms in total. The molecule has 23 heavy (non-hydrogen) atoms. The van der Waals surface area contributed by atoms with E-state index in [1.807, 2.05) is 24.3 Å². The van der Waals surface area contributed by atoms with E-state index in [1.54, 1.807) is 0 Å². The summed E-state index contributed by atoms with van der Waals surface area (Å²) in [4.78, 5) is 11.7. The molecule has 2 aromatic rings. The van der Waals surface area contributed by atoms with Gasteiger partial charge in [-0.1, -0.05) is 35.3 Å². The van der Waals surface area contributed by atoms with E-state index in [9.17, 15) is 4.79 Å². The largest absolute Gasteiger partial charge is 0.493 e. The molecule has 0 aliphatic heterocycles. The van der Waals surface area contributed by atoms with Crippen LogP contribution in [0.4, 0.5) is 0 Å². The summed E-state index contributed by atoms with van der Waals surface area (Å²) in [5, 5.41) is 0.926. The predicted molar refractivity (Wildman–Crippen MR) is 90.0 cm³/mol. The third kappa shape index (κ3) is 4.53. The van der Waals surface area contributed by atoms with Crippen molar-refractivity contribution in [3.63, 3.8) is 0 Å². The van der Waals surface area contributed by atoms with Crippen LogP contribution >= 0.6 is 23.2 Å². The Morgan fingerprint density at radius 3 is 2.52 bits per heavy atom. The summed E-state index contributed by atoms with van der Waals surface area (Å²) in [6.45, 7) is 0.402. The highest BCUT2D eigenvalue weighted by Gasteiger charge is 2.16. The summed E-state index contributed by atoms with van der Waals surface area (Å²) in [6, 6.07) is 10.6. The van der Waals surface area contributed by atoms with Crippen LogP contribution in [0.15, 0.2) is 36.4 Å². The van der Waals surface area contributed by atoms with Crippen LogP contribution in [0.1, 0.15) is 15.9 Å². The highest BCUT2D eigenvalue weighted by molar-refractivity contribution is 6.33. The molecular formula is C17H16Cl2O4. The van der Waals surface area contributed by atoms with Crippen LogP contribution in [0.2, 0.25) is 10.0 Å². The molecule has 2 rings (SSSR count). The molecule has 0 amide bonds. The molecule has 0 fully saturated rings. The van der Waals surface area contributed by atoms with Gasteiger partial charge in [0.05, 0.1) is 31.4 Å². The maximum atomic E-state index is 11.7. The van der Waals surface area contributed by atoms with E-state index in [0.29, 0.717) is 29.5 Å². The van der Waals surface area contributed by atoms with E-state index in [0.717, 1.165) is 5.56 Å². The van der Waals surface area contributed by atoms with Crippen molar-refractivity contribution in [2.75, 3.05) is 20.8 Å². The van der Waals surface area contributed by atoms with Gasteiger partial charge >= 0.3 is 5.97 Å². The Hall–Kier alpha value is -1.91. The maximum absolute atomic E-state index is 11.7. The molecule has 0 aliphatic rings. The van der Waals surface area contributed by atoms with Gasteiger partial charge < -0.3 is 14.2 Å². The summed E-state index contributed by atoms with van der Waals surface area (Å²) in [7, 11) is 2.80. The Labute approximate surface area is 144 Å². The molecule has 0 spiro atoms. The summed E-state index contributed by atoms with van der Waals surface area (Å²) < 4.78 is 15.7. The molecule has 0 aliphatic carbocycles. The molecule has 0 heterocycles. The van der Waals surface area contributed by atoms with Crippen molar-refractivity contribution in [3.05, 3.63) is 57.6 Å². The lowest BCUT2D eigenvalue weighted by Gasteiger charge is -2.13. The van der Waals surface area contributed by atoms with E-state index in [2.05, 4.69) is 0 Å². The quantitative estimate of drug-likeness (QED) is 0.720. The number of hydrogen-bond donors (Lipinski definition) is 0. The van der Waals surface area contributed by atoms with E-state index >= 15 is 0 Å². The summed E-state index contributed by atoms with van der Waals surface area (Å²) in [6.07, 6.45) is 0.667. The minimum atomic E-state index is -0.530. The average molecular weight is 355 g/mol. The lowest BCUT2D eigenvalue weighted by molar-refractivity contribution is 0.0600. The molecule has 6 heteroatoms. The zero-order valence-electron chi connectivity index (χ0n) is 12.8. The highest BCUT2D eigenvalue weighted by Crippen LogP contribution is 2.33. The van der Waals surface area contributed by atoms with Gasteiger partial charge in [-0.3, -0.25) is 0 Å². The normalized spacial score (nSPS) is 10.3. The number of halogens is 2. The van der Waals surface area contributed by atoms with Crippen LogP contribution in [0, 0.1) is 0 Å². The van der Waals surface area contributed by atoms with Crippen molar-refractivity contribution in [2.24, 2.45) is 0 Å². The van der Waals surface area contributed by atoms with Gasteiger partial charge in [-0.2, -0.15) is 0 Å². The summed E-state index contributed by atoms with van der Waals surface area (Å²) in [5.41, 5.74) is 1.28. The number of ether oxygens (including phenoxy) is 3. The van der Waals surface area contributed by atoms with Crippen molar-refractivity contribution < 1.29 is 19.0 Å². The molecule has 0 N–H and O–H groups in total. The SMILES string of the molecule is COC(=O)c1cc(OCCc2cccc(Cl)c2)c(OC)cc1Cl. The third-order valence-electron chi connectivity index (χ3n) is 3.20. The van der Waals surface area contributed by atoms with Gasteiger partial charge in [0, 0.05) is 23.6 Å². The molecule has 0 bridgehead atoms. The van der Waals surface area contributed by atoms with Crippen molar-refractivity contribution in [3.8, 4) is 11.5 Å². The first kappa shape index (κ1) is 17.4. The van der Waals surface area contributed by atoms with E-state index in [-0.39, 0.29) is 10.6 Å². The number of hydrogen-bond acceptors (Lipinski definition) is 4. The third-order valence-corrected chi connectivity index (χ3v) is 3.74. The predicted octanol–water partition coefficient (Wildman–Crippen LogP) is 4.41. The van der Waals surface area contributed by atoms with Crippen LogP contribution in [-0.4, -0.2) is 26.8 Å².